The van der Waals surface area contributed by atoms with Crippen LogP contribution in [0, 0.1) is 18.6 Å². The van der Waals surface area contributed by atoms with Gasteiger partial charge in [0.05, 0.1) is 16.8 Å². The van der Waals surface area contributed by atoms with Crippen molar-refractivity contribution in [1.82, 2.24) is 0 Å². The second-order valence-corrected chi connectivity index (χ2v) is 4.44. The van der Waals surface area contributed by atoms with Crippen LogP contribution in [-0.2, 0) is 0 Å². The minimum absolute atomic E-state index is 0.184. The quantitative estimate of drug-likeness (QED) is 0.912. The Morgan fingerprint density at radius 2 is 1.76 bits per heavy atom. The van der Waals surface area contributed by atoms with Crippen molar-refractivity contribution in [2.24, 2.45) is 0 Å². The Labute approximate surface area is 119 Å². The van der Waals surface area contributed by atoms with Crippen LogP contribution < -0.4 is 5.32 Å². The van der Waals surface area contributed by atoms with Crippen LogP contribution >= 0.6 is 0 Å². The van der Waals surface area contributed by atoms with Gasteiger partial charge in [-0.05, 0) is 42.8 Å². The van der Waals surface area contributed by atoms with E-state index in [2.05, 4.69) is 5.32 Å². The minimum atomic E-state index is -1.26. The Kier molecular flexibility index (Phi) is 3.98. The molecular weight excluding hydrogens is 280 g/mol. The lowest BCUT2D eigenvalue weighted by Gasteiger charge is -2.08. The monoisotopic (exact) mass is 291 g/mol. The number of carboxylic acids is 1. The van der Waals surface area contributed by atoms with Gasteiger partial charge >= 0.3 is 5.97 Å². The molecule has 2 rings (SSSR count). The maximum Gasteiger partial charge on any atom is 0.335 e. The van der Waals surface area contributed by atoms with E-state index in [9.17, 15) is 18.4 Å². The largest absolute Gasteiger partial charge is 0.478 e. The average molecular weight is 291 g/mol. The third-order valence-electron chi connectivity index (χ3n) is 2.83. The number of rotatable bonds is 3. The number of aryl methyl sites for hydroxylation is 1. The molecule has 0 bridgehead atoms. The van der Waals surface area contributed by atoms with Gasteiger partial charge in [0.1, 0.15) is 11.6 Å². The lowest BCUT2D eigenvalue weighted by atomic mass is 10.1. The van der Waals surface area contributed by atoms with Crippen molar-refractivity contribution in [3.05, 3.63) is 64.7 Å². The molecular formula is C15H11F2NO3. The molecule has 0 radical (unpaired) electrons. The van der Waals surface area contributed by atoms with E-state index in [1.165, 1.54) is 12.1 Å². The fourth-order valence-electron chi connectivity index (χ4n) is 1.75. The van der Waals surface area contributed by atoms with Crippen LogP contribution in [-0.4, -0.2) is 17.0 Å². The number of nitrogens with one attached hydrogen (secondary N) is 1. The van der Waals surface area contributed by atoms with Crippen LogP contribution in [0.2, 0.25) is 0 Å². The predicted molar refractivity (Wildman–Crippen MR) is 72.4 cm³/mol. The number of hydrogen-bond donors (Lipinski definition) is 2. The third kappa shape index (κ3) is 3.22. The van der Waals surface area contributed by atoms with E-state index >= 15 is 0 Å². The molecule has 2 aromatic carbocycles. The van der Waals surface area contributed by atoms with E-state index in [-0.39, 0.29) is 16.8 Å². The zero-order chi connectivity index (χ0) is 15.6. The normalized spacial score (nSPS) is 10.2. The molecule has 0 heterocycles. The summed E-state index contributed by atoms with van der Waals surface area (Å²) < 4.78 is 27.2. The average Bonchev–Trinajstić information content (AvgIpc) is 2.40. The van der Waals surface area contributed by atoms with Gasteiger partial charge in [-0.3, -0.25) is 4.79 Å². The van der Waals surface area contributed by atoms with Gasteiger partial charge < -0.3 is 10.4 Å². The van der Waals surface area contributed by atoms with Gasteiger partial charge in [0, 0.05) is 0 Å². The van der Waals surface area contributed by atoms with Crippen molar-refractivity contribution >= 4 is 17.6 Å². The van der Waals surface area contributed by atoms with E-state index in [0.717, 1.165) is 18.2 Å². The van der Waals surface area contributed by atoms with Gasteiger partial charge in [-0.15, -0.1) is 0 Å². The minimum Gasteiger partial charge on any atom is -0.478 e. The molecule has 0 unspecified atom stereocenters. The lowest BCUT2D eigenvalue weighted by molar-refractivity contribution is 0.0696. The van der Waals surface area contributed by atoms with E-state index in [4.69, 9.17) is 5.11 Å². The molecule has 0 aliphatic carbocycles. The van der Waals surface area contributed by atoms with E-state index in [1.807, 2.05) is 0 Å². The number of carbonyl (C=O) groups excluding carboxylic acids is 1. The Morgan fingerprint density at radius 3 is 2.38 bits per heavy atom. The molecule has 0 fully saturated rings. The number of anilines is 1. The highest BCUT2D eigenvalue weighted by molar-refractivity contribution is 6.05. The van der Waals surface area contributed by atoms with Gasteiger partial charge in [0.2, 0.25) is 0 Å². The summed E-state index contributed by atoms with van der Waals surface area (Å²) in [6.45, 7) is 1.67. The second-order valence-electron chi connectivity index (χ2n) is 4.44. The molecule has 1 amide bonds. The maximum atomic E-state index is 13.7. The molecule has 108 valence electrons. The van der Waals surface area contributed by atoms with Crippen molar-refractivity contribution in [1.29, 1.82) is 0 Å². The zero-order valence-electron chi connectivity index (χ0n) is 11.0. The fourth-order valence-corrected chi connectivity index (χ4v) is 1.75. The molecule has 6 heteroatoms. The SMILES string of the molecule is Cc1ccc(C(=O)Nc2cc(C(=O)O)ccc2F)c(F)c1. The lowest BCUT2D eigenvalue weighted by Crippen LogP contribution is -2.15. The Morgan fingerprint density at radius 1 is 1.05 bits per heavy atom. The Hall–Kier alpha value is -2.76. The number of aromatic carboxylic acids is 1. The first-order chi connectivity index (χ1) is 9.88. The Bertz CT molecular complexity index is 729. The first kappa shape index (κ1) is 14.6. The molecule has 2 aromatic rings. The standard InChI is InChI=1S/C15H11F2NO3/c1-8-2-4-10(12(17)6-8)14(19)18-13-7-9(15(20)21)3-5-11(13)16/h2-7H,1H3,(H,18,19)(H,20,21). The molecule has 0 atom stereocenters. The zero-order valence-corrected chi connectivity index (χ0v) is 11.0. The summed E-state index contributed by atoms with van der Waals surface area (Å²) in [5.41, 5.74) is -0.111. The summed E-state index contributed by atoms with van der Waals surface area (Å²) in [6, 6.07) is 6.96. The second kappa shape index (κ2) is 5.70. The van der Waals surface area contributed by atoms with Crippen LogP contribution in [0.3, 0.4) is 0 Å². The molecule has 2 N–H and O–H groups in total. The van der Waals surface area contributed by atoms with Gasteiger partial charge in [-0.25, -0.2) is 13.6 Å². The number of benzene rings is 2. The first-order valence-corrected chi connectivity index (χ1v) is 5.99. The summed E-state index contributed by atoms with van der Waals surface area (Å²) in [6.07, 6.45) is 0. The van der Waals surface area contributed by atoms with Gasteiger partial charge in [0.15, 0.2) is 0 Å². The van der Waals surface area contributed by atoms with E-state index < -0.39 is 23.5 Å². The van der Waals surface area contributed by atoms with E-state index in [1.54, 1.807) is 13.0 Å². The molecule has 0 saturated heterocycles. The predicted octanol–water partition coefficient (Wildman–Crippen LogP) is 3.22. The molecule has 0 saturated carbocycles. The number of amides is 1. The van der Waals surface area contributed by atoms with E-state index in [0.29, 0.717) is 5.56 Å². The first-order valence-electron chi connectivity index (χ1n) is 5.99. The van der Waals surface area contributed by atoms with Gasteiger partial charge in [-0.1, -0.05) is 6.07 Å². The number of halogens is 2. The van der Waals surface area contributed by atoms with Crippen molar-refractivity contribution in [2.75, 3.05) is 5.32 Å². The van der Waals surface area contributed by atoms with Crippen molar-refractivity contribution < 1.29 is 23.5 Å². The van der Waals surface area contributed by atoms with Crippen LogP contribution in [0.15, 0.2) is 36.4 Å². The van der Waals surface area contributed by atoms with Crippen LogP contribution in [0.25, 0.3) is 0 Å². The van der Waals surface area contributed by atoms with Crippen LogP contribution in [0.1, 0.15) is 26.3 Å². The molecule has 0 aromatic heterocycles. The topological polar surface area (TPSA) is 66.4 Å². The Balaban J connectivity index is 2.31. The van der Waals surface area contributed by atoms with Gasteiger partial charge in [0.25, 0.3) is 5.91 Å². The summed E-state index contributed by atoms with van der Waals surface area (Å²) in [4.78, 5) is 22.7. The van der Waals surface area contributed by atoms with Gasteiger partial charge in [-0.2, -0.15) is 0 Å². The number of carbonyl (C=O) groups is 2. The summed E-state index contributed by atoms with van der Waals surface area (Å²) in [5.74, 6) is -3.65. The molecule has 0 spiro atoms. The van der Waals surface area contributed by atoms with Crippen molar-refractivity contribution in [3.63, 3.8) is 0 Å². The summed E-state index contributed by atoms with van der Waals surface area (Å²) >= 11 is 0. The molecule has 21 heavy (non-hydrogen) atoms. The highest BCUT2D eigenvalue weighted by atomic mass is 19.1. The highest BCUT2D eigenvalue weighted by Crippen LogP contribution is 2.18. The number of carboxylic acid groups (broad SMARTS) is 1. The third-order valence-corrected chi connectivity index (χ3v) is 2.83. The molecule has 4 nitrogen and oxygen atoms in total. The summed E-state index contributed by atoms with van der Waals surface area (Å²) in [5, 5.41) is 11.0. The fraction of sp³-hybridized carbons (Fsp3) is 0.0667. The maximum absolute atomic E-state index is 13.7. The highest BCUT2D eigenvalue weighted by Gasteiger charge is 2.15. The van der Waals surface area contributed by atoms with Crippen molar-refractivity contribution in [3.8, 4) is 0 Å². The van der Waals surface area contributed by atoms with Crippen LogP contribution in [0.4, 0.5) is 14.5 Å². The summed E-state index contributed by atoms with van der Waals surface area (Å²) in [7, 11) is 0. The smallest absolute Gasteiger partial charge is 0.335 e. The number of hydrogen-bond acceptors (Lipinski definition) is 2. The van der Waals surface area contributed by atoms with Crippen LogP contribution in [0.5, 0.6) is 0 Å². The van der Waals surface area contributed by atoms with Crippen molar-refractivity contribution in [2.45, 2.75) is 6.92 Å². The molecule has 0 aliphatic rings. The molecule has 0 aliphatic heterocycles.